The summed E-state index contributed by atoms with van der Waals surface area (Å²) in [5.74, 6) is 0. The van der Waals surface area contributed by atoms with Crippen molar-refractivity contribution in [3.05, 3.63) is 0 Å². The second-order valence-electron chi connectivity index (χ2n) is 25.0. The van der Waals surface area contributed by atoms with E-state index >= 15 is 0 Å². The molecule has 0 saturated carbocycles. The maximum atomic E-state index is 2.27. The van der Waals surface area contributed by atoms with E-state index in [-0.39, 0.29) is 17.0 Å². The smallest absolute Gasteiger partial charge is 0.0533 e. The Kier molecular flexibility index (Phi) is 152. The molecule has 0 fully saturated rings. The molecular weight excluding hydrogens is 1040 g/mol. The van der Waals surface area contributed by atoms with Crippen molar-refractivity contribution in [1.82, 2.24) is 0 Å². The van der Waals surface area contributed by atoms with E-state index in [2.05, 4.69) is 111 Å². The zero-order valence-corrected chi connectivity index (χ0v) is 63.4. The molecule has 0 heterocycles. The van der Waals surface area contributed by atoms with E-state index in [0.717, 1.165) is 0 Å². The molecule has 0 radical (unpaired) electrons. The van der Waals surface area contributed by atoms with Crippen LogP contribution in [0.15, 0.2) is 0 Å². The Balaban J connectivity index is -0.000000104. The normalized spacial score (nSPS) is 10.1. The Labute approximate surface area is 535 Å². The second kappa shape index (κ2) is 122. The van der Waals surface area contributed by atoms with Crippen LogP contribution < -0.4 is 0 Å². The van der Waals surface area contributed by atoms with Crippen LogP contribution in [0.4, 0.5) is 0 Å². The number of halogens is 1. The molecule has 0 N–H and O–H groups in total. The maximum Gasteiger partial charge on any atom is -0.0533 e. The van der Waals surface area contributed by atoms with E-state index in [1.807, 2.05) is 0 Å². The molecule has 0 rings (SSSR count). The number of hydrogen-bond acceptors (Lipinski definition) is 0. The van der Waals surface area contributed by atoms with Crippen molar-refractivity contribution in [3.63, 3.8) is 0 Å². The molecule has 1 heteroatoms. The highest BCUT2D eigenvalue weighted by molar-refractivity contribution is 8.93. The third-order valence-corrected chi connectivity index (χ3v) is 15.7. The largest absolute Gasteiger partial charge is 0.114 e. The molecule has 0 aliphatic heterocycles. The van der Waals surface area contributed by atoms with Crippen molar-refractivity contribution >= 4 is 17.0 Å². The molecule has 504 valence electrons. The molecule has 0 aliphatic rings. The Morgan fingerprint density at radius 1 is 0.0741 bits per heavy atom. The summed E-state index contributed by atoms with van der Waals surface area (Å²) in [6.45, 7) is 36.3. The molecular formula is C80H177Br. The average molecular weight is 1220 g/mol. The van der Waals surface area contributed by atoms with E-state index in [0.29, 0.717) is 0 Å². The van der Waals surface area contributed by atoms with Crippen LogP contribution in [0.3, 0.4) is 0 Å². The van der Waals surface area contributed by atoms with Crippen LogP contribution in [0.25, 0.3) is 0 Å². The van der Waals surface area contributed by atoms with Gasteiger partial charge in [-0.25, -0.2) is 0 Å². The Morgan fingerprint density at radius 3 is 0.148 bits per heavy atom. The van der Waals surface area contributed by atoms with Crippen LogP contribution in [0.2, 0.25) is 0 Å². The first-order valence-corrected chi connectivity index (χ1v) is 39.3. The summed E-state index contributed by atoms with van der Waals surface area (Å²) in [6, 6.07) is 0. The number of unbranched alkanes of at least 4 members (excludes halogenated alkanes) is 56. The van der Waals surface area contributed by atoms with E-state index in [4.69, 9.17) is 0 Å². The van der Waals surface area contributed by atoms with Gasteiger partial charge in [0.15, 0.2) is 0 Å². The summed E-state index contributed by atoms with van der Waals surface area (Å²) in [6.07, 6.45) is 91.7. The van der Waals surface area contributed by atoms with Gasteiger partial charge in [-0.15, -0.1) is 17.0 Å². The lowest BCUT2D eigenvalue weighted by Crippen LogP contribution is -1.77. The molecule has 0 atom stereocenters. The summed E-state index contributed by atoms with van der Waals surface area (Å²) in [5, 5.41) is 0. The molecule has 0 aliphatic carbocycles. The van der Waals surface area contributed by atoms with Gasteiger partial charge in [0.2, 0.25) is 0 Å². The van der Waals surface area contributed by atoms with Gasteiger partial charge in [-0.1, -0.05) is 522 Å². The minimum absolute atomic E-state index is 0. The van der Waals surface area contributed by atoms with Gasteiger partial charge >= 0.3 is 0 Å². The van der Waals surface area contributed by atoms with E-state index in [1.165, 1.54) is 411 Å². The lowest BCUT2D eigenvalue weighted by atomic mass is 10.1. The fourth-order valence-corrected chi connectivity index (χ4v) is 9.66. The first-order valence-electron chi connectivity index (χ1n) is 39.3. The van der Waals surface area contributed by atoms with Gasteiger partial charge in [-0.2, -0.15) is 0 Å². The van der Waals surface area contributed by atoms with Crippen molar-refractivity contribution < 1.29 is 0 Å². The molecule has 0 saturated heterocycles. The van der Waals surface area contributed by atoms with E-state index in [1.54, 1.807) is 0 Å². The average Bonchev–Trinajstić information content (AvgIpc) is 3.47. The molecule has 0 nitrogen and oxygen atoms in total. The van der Waals surface area contributed by atoms with Gasteiger partial charge < -0.3 is 0 Å². The first-order chi connectivity index (χ1) is 39.3. The molecule has 0 bridgehead atoms. The minimum Gasteiger partial charge on any atom is -0.114 e. The van der Waals surface area contributed by atoms with Gasteiger partial charge in [-0.05, 0) is 0 Å². The van der Waals surface area contributed by atoms with Gasteiger partial charge in [0, 0.05) is 0 Å². The van der Waals surface area contributed by atoms with Crippen molar-refractivity contribution in [3.8, 4) is 0 Å². The predicted octanol–water partition coefficient (Wildman–Crippen LogP) is 33.8. The van der Waals surface area contributed by atoms with Gasteiger partial charge in [0.1, 0.15) is 0 Å². The van der Waals surface area contributed by atoms with Crippen molar-refractivity contribution in [2.24, 2.45) is 0 Å². The SMILES string of the molecule is Br.CCCCCCCCCC.CCCCCCCCCC.CCCCCCCCCC.CCCCCCCCCC.CCCCCCCCCC.CCCCCCCCCC.CCCCCCCCCC.CCCCCCCCCC. The minimum atomic E-state index is 0. The highest BCUT2D eigenvalue weighted by Crippen LogP contribution is 2.13. The van der Waals surface area contributed by atoms with Crippen LogP contribution in [0.1, 0.15) is 522 Å². The summed E-state index contributed by atoms with van der Waals surface area (Å²) in [4.78, 5) is 0. The van der Waals surface area contributed by atoms with Crippen LogP contribution in [-0.4, -0.2) is 0 Å². The highest BCUT2D eigenvalue weighted by atomic mass is 79.9. The predicted molar refractivity (Wildman–Crippen MR) is 397 cm³/mol. The maximum absolute atomic E-state index is 2.27. The topological polar surface area (TPSA) is 0 Å². The molecule has 81 heavy (non-hydrogen) atoms. The van der Waals surface area contributed by atoms with Crippen LogP contribution in [0.5, 0.6) is 0 Å². The Morgan fingerprint density at radius 2 is 0.111 bits per heavy atom. The molecule has 0 aromatic heterocycles. The lowest BCUT2D eigenvalue weighted by Gasteiger charge is -1.97. The summed E-state index contributed by atoms with van der Waals surface area (Å²) in [5.41, 5.74) is 0. The van der Waals surface area contributed by atoms with Crippen molar-refractivity contribution in [1.29, 1.82) is 0 Å². The van der Waals surface area contributed by atoms with Crippen molar-refractivity contribution in [2.75, 3.05) is 0 Å². The fourth-order valence-electron chi connectivity index (χ4n) is 9.66. The molecule has 0 aromatic rings. The first kappa shape index (κ1) is 100. The third-order valence-electron chi connectivity index (χ3n) is 15.7. The highest BCUT2D eigenvalue weighted by Gasteiger charge is 1.93. The van der Waals surface area contributed by atoms with Crippen LogP contribution >= 0.6 is 17.0 Å². The summed E-state index contributed by atoms with van der Waals surface area (Å²) in [7, 11) is 0. The second-order valence-corrected chi connectivity index (χ2v) is 25.0. The Hall–Kier alpha value is 0.480. The zero-order valence-electron chi connectivity index (χ0n) is 61.7. The Bertz CT molecular complexity index is 520. The molecule has 0 aromatic carbocycles. The van der Waals surface area contributed by atoms with Crippen LogP contribution in [-0.2, 0) is 0 Å². The monoisotopic (exact) mass is 1220 g/mol. The van der Waals surface area contributed by atoms with Gasteiger partial charge in [-0.3, -0.25) is 0 Å². The molecule has 0 amide bonds. The van der Waals surface area contributed by atoms with E-state index < -0.39 is 0 Å². The quantitative estimate of drug-likeness (QED) is 0.0533. The number of rotatable bonds is 56. The van der Waals surface area contributed by atoms with Gasteiger partial charge in [0.25, 0.3) is 0 Å². The van der Waals surface area contributed by atoms with Crippen molar-refractivity contribution in [2.45, 2.75) is 522 Å². The fraction of sp³-hybridized carbons (Fsp3) is 1.00. The summed E-state index contributed by atoms with van der Waals surface area (Å²) >= 11 is 0. The molecule has 0 unspecified atom stereocenters. The summed E-state index contributed by atoms with van der Waals surface area (Å²) < 4.78 is 0. The van der Waals surface area contributed by atoms with Gasteiger partial charge in [0.05, 0.1) is 0 Å². The zero-order chi connectivity index (χ0) is 61.3. The third kappa shape index (κ3) is 155. The number of hydrogen-bond donors (Lipinski definition) is 0. The standard InChI is InChI=1S/8C10H22.BrH/c8*1-3-5-7-9-10-8-6-4-2;/h8*3-10H2,1-2H3;1H. The van der Waals surface area contributed by atoms with E-state index in [9.17, 15) is 0 Å². The lowest BCUT2D eigenvalue weighted by molar-refractivity contribution is 0.585. The molecule has 0 spiro atoms. The van der Waals surface area contributed by atoms with Crippen LogP contribution in [0, 0.1) is 0 Å².